The van der Waals surface area contributed by atoms with Crippen LogP contribution in [0.3, 0.4) is 0 Å². The van der Waals surface area contributed by atoms with Crippen LogP contribution < -0.4 is 0 Å². The summed E-state index contributed by atoms with van der Waals surface area (Å²) >= 11 is 0. The molecule has 0 radical (unpaired) electrons. The van der Waals surface area contributed by atoms with Gasteiger partial charge in [-0.05, 0) is 38.8 Å². The summed E-state index contributed by atoms with van der Waals surface area (Å²) in [5.74, 6) is 0. The summed E-state index contributed by atoms with van der Waals surface area (Å²) in [5, 5.41) is 0. The molecule has 1 fully saturated rings. The average molecular weight is 169 g/mol. The van der Waals surface area contributed by atoms with Crippen LogP contribution in [0.25, 0.3) is 0 Å². The van der Waals surface area contributed by atoms with Crippen molar-refractivity contribution in [2.24, 2.45) is 0 Å². The fraction of sp³-hybridized carbons (Fsp3) is 1.00. The first-order chi connectivity index (χ1) is 5.88. The van der Waals surface area contributed by atoms with Crippen LogP contribution in [-0.2, 0) is 0 Å². The number of unbranched alkanes of at least 4 members (excludes halogenated alkanes) is 1. The van der Waals surface area contributed by atoms with E-state index < -0.39 is 0 Å². The van der Waals surface area contributed by atoms with Gasteiger partial charge in [0.25, 0.3) is 0 Å². The van der Waals surface area contributed by atoms with Gasteiger partial charge in [0.1, 0.15) is 0 Å². The van der Waals surface area contributed by atoms with Crippen molar-refractivity contribution < 1.29 is 0 Å². The van der Waals surface area contributed by atoms with E-state index in [0.29, 0.717) is 0 Å². The van der Waals surface area contributed by atoms with E-state index in [0.717, 1.165) is 6.04 Å². The fourth-order valence-electron chi connectivity index (χ4n) is 2.18. The van der Waals surface area contributed by atoms with Gasteiger partial charge >= 0.3 is 0 Å². The topological polar surface area (TPSA) is 3.24 Å². The molecule has 12 heavy (non-hydrogen) atoms. The largest absolute Gasteiger partial charge is 0.300 e. The maximum atomic E-state index is 2.70. The summed E-state index contributed by atoms with van der Waals surface area (Å²) in [5.41, 5.74) is 0. The summed E-state index contributed by atoms with van der Waals surface area (Å²) in [4.78, 5) is 2.70. The van der Waals surface area contributed by atoms with Crippen LogP contribution in [-0.4, -0.2) is 24.0 Å². The summed E-state index contributed by atoms with van der Waals surface area (Å²) in [6, 6.07) is 0.908. The van der Waals surface area contributed by atoms with Gasteiger partial charge in [0.05, 0.1) is 0 Å². The molecule has 0 aromatic heterocycles. The van der Waals surface area contributed by atoms with Gasteiger partial charge in [-0.3, -0.25) is 0 Å². The molecule has 0 spiro atoms. The Hall–Kier alpha value is -0.0400. The number of hydrogen-bond acceptors (Lipinski definition) is 1. The Bertz CT molecular complexity index is 112. The monoisotopic (exact) mass is 169 g/mol. The van der Waals surface area contributed by atoms with Crippen LogP contribution >= 0.6 is 0 Å². The Balaban J connectivity index is 2.26. The highest BCUT2D eigenvalue weighted by atomic mass is 15.2. The van der Waals surface area contributed by atoms with Crippen LogP contribution in [0.2, 0.25) is 0 Å². The van der Waals surface area contributed by atoms with Gasteiger partial charge in [-0.15, -0.1) is 0 Å². The van der Waals surface area contributed by atoms with E-state index in [-0.39, 0.29) is 0 Å². The lowest BCUT2D eigenvalue weighted by Gasteiger charge is -2.35. The summed E-state index contributed by atoms with van der Waals surface area (Å²) in [6.07, 6.45) is 8.41. The molecule has 1 rings (SSSR count). The molecule has 1 nitrogen and oxygen atoms in total. The molecule has 0 saturated carbocycles. The van der Waals surface area contributed by atoms with Gasteiger partial charge in [0.2, 0.25) is 0 Å². The third-order valence-electron chi connectivity index (χ3n) is 3.02. The molecule has 1 aliphatic rings. The van der Waals surface area contributed by atoms with Crippen molar-refractivity contribution in [3.63, 3.8) is 0 Å². The van der Waals surface area contributed by atoms with Crippen molar-refractivity contribution in [2.45, 2.75) is 58.4 Å². The molecule has 0 amide bonds. The van der Waals surface area contributed by atoms with Gasteiger partial charge in [-0.2, -0.15) is 0 Å². The second-order valence-corrected chi connectivity index (χ2v) is 3.95. The molecule has 0 aliphatic carbocycles. The van der Waals surface area contributed by atoms with Crippen molar-refractivity contribution in [3.05, 3.63) is 0 Å². The highest BCUT2D eigenvalue weighted by molar-refractivity contribution is 4.75. The van der Waals surface area contributed by atoms with Crippen LogP contribution in [0.15, 0.2) is 0 Å². The predicted molar refractivity (Wildman–Crippen MR) is 54.4 cm³/mol. The summed E-state index contributed by atoms with van der Waals surface area (Å²) < 4.78 is 0. The zero-order chi connectivity index (χ0) is 8.81. The van der Waals surface area contributed by atoms with Crippen molar-refractivity contribution in [3.8, 4) is 0 Å². The maximum absolute atomic E-state index is 2.70. The standard InChI is InChI=1S/C11H23N/c1-3-5-9-12-10-7-6-8-11(12)4-2/h11H,3-10H2,1-2H3. The van der Waals surface area contributed by atoms with E-state index in [1.165, 1.54) is 51.6 Å². The van der Waals surface area contributed by atoms with E-state index in [2.05, 4.69) is 18.7 Å². The first-order valence-electron chi connectivity index (χ1n) is 5.62. The summed E-state index contributed by atoms with van der Waals surface area (Å²) in [7, 11) is 0. The van der Waals surface area contributed by atoms with Gasteiger partial charge in [-0.25, -0.2) is 0 Å². The Morgan fingerprint density at radius 3 is 2.75 bits per heavy atom. The quantitative estimate of drug-likeness (QED) is 0.625. The van der Waals surface area contributed by atoms with Crippen LogP contribution in [0, 0.1) is 0 Å². The SMILES string of the molecule is CCCCN1CCCCC1CC. The minimum atomic E-state index is 0.908. The number of nitrogens with zero attached hydrogens (tertiary/aromatic N) is 1. The Morgan fingerprint density at radius 1 is 1.25 bits per heavy atom. The number of rotatable bonds is 4. The van der Waals surface area contributed by atoms with Gasteiger partial charge < -0.3 is 4.90 Å². The van der Waals surface area contributed by atoms with E-state index in [4.69, 9.17) is 0 Å². The second kappa shape index (κ2) is 5.58. The first-order valence-corrected chi connectivity index (χ1v) is 5.62. The van der Waals surface area contributed by atoms with Crippen LogP contribution in [0.1, 0.15) is 52.4 Å². The van der Waals surface area contributed by atoms with Crippen molar-refractivity contribution >= 4 is 0 Å². The molecular formula is C11H23N. The molecule has 1 atom stereocenters. The first kappa shape index (κ1) is 10.0. The summed E-state index contributed by atoms with van der Waals surface area (Å²) in [6.45, 7) is 7.31. The fourth-order valence-corrected chi connectivity index (χ4v) is 2.18. The van der Waals surface area contributed by atoms with Gasteiger partial charge in [0.15, 0.2) is 0 Å². The lowest BCUT2D eigenvalue weighted by molar-refractivity contribution is 0.142. The molecule has 1 unspecified atom stereocenters. The maximum Gasteiger partial charge on any atom is 0.00926 e. The highest BCUT2D eigenvalue weighted by Gasteiger charge is 2.19. The van der Waals surface area contributed by atoms with Gasteiger partial charge in [-0.1, -0.05) is 26.7 Å². The number of hydrogen-bond donors (Lipinski definition) is 0. The molecule has 0 aromatic carbocycles. The molecular weight excluding hydrogens is 146 g/mol. The Morgan fingerprint density at radius 2 is 2.08 bits per heavy atom. The molecule has 1 saturated heterocycles. The third-order valence-corrected chi connectivity index (χ3v) is 3.02. The van der Waals surface area contributed by atoms with Crippen molar-refractivity contribution in [2.75, 3.05) is 13.1 Å². The molecule has 72 valence electrons. The molecule has 1 heteroatoms. The van der Waals surface area contributed by atoms with E-state index >= 15 is 0 Å². The van der Waals surface area contributed by atoms with E-state index in [9.17, 15) is 0 Å². The minimum Gasteiger partial charge on any atom is -0.300 e. The highest BCUT2D eigenvalue weighted by Crippen LogP contribution is 2.19. The Labute approximate surface area is 77.1 Å². The molecule has 0 aromatic rings. The molecule has 0 N–H and O–H groups in total. The van der Waals surface area contributed by atoms with Gasteiger partial charge in [0, 0.05) is 6.04 Å². The van der Waals surface area contributed by atoms with Crippen molar-refractivity contribution in [1.29, 1.82) is 0 Å². The zero-order valence-electron chi connectivity index (χ0n) is 8.68. The molecule has 0 bridgehead atoms. The normalized spacial score (nSPS) is 26.0. The smallest absolute Gasteiger partial charge is 0.00926 e. The lowest BCUT2D eigenvalue weighted by Crippen LogP contribution is -2.39. The number of piperidine rings is 1. The van der Waals surface area contributed by atoms with Crippen LogP contribution in [0.4, 0.5) is 0 Å². The van der Waals surface area contributed by atoms with Crippen molar-refractivity contribution in [1.82, 2.24) is 4.90 Å². The van der Waals surface area contributed by atoms with E-state index in [1.54, 1.807) is 0 Å². The van der Waals surface area contributed by atoms with Crippen LogP contribution in [0.5, 0.6) is 0 Å². The lowest BCUT2D eigenvalue weighted by atomic mass is 10.00. The third kappa shape index (κ3) is 2.78. The minimum absolute atomic E-state index is 0.908. The van der Waals surface area contributed by atoms with E-state index in [1.807, 2.05) is 0 Å². The zero-order valence-corrected chi connectivity index (χ0v) is 8.68. The second-order valence-electron chi connectivity index (χ2n) is 3.95. The predicted octanol–water partition coefficient (Wildman–Crippen LogP) is 3.05. The Kier molecular flexibility index (Phi) is 4.67. The number of likely N-dealkylation sites (tertiary alicyclic amines) is 1. The molecule has 1 heterocycles. The molecule has 1 aliphatic heterocycles. The average Bonchev–Trinajstić information content (AvgIpc) is 2.15.